The van der Waals surface area contributed by atoms with E-state index in [9.17, 15) is 43.8 Å². The van der Waals surface area contributed by atoms with Gasteiger partial charge in [-0.25, -0.2) is 9.59 Å². The molecule has 0 saturated carbocycles. The number of aliphatic carboxylic acids is 2. The van der Waals surface area contributed by atoms with Crippen molar-refractivity contribution in [3.05, 3.63) is 0 Å². The molecule has 18 heteroatoms. The largest absolute Gasteiger partial charge is 0.480 e. The summed E-state index contributed by atoms with van der Waals surface area (Å²) in [5.74, 6) is -4.34. The van der Waals surface area contributed by atoms with Crippen LogP contribution in [0.1, 0.15) is 168 Å². The van der Waals surface area contributed by atoms with Gasteiger partial charge in [0.2, 0.25) is 29.5 Å². The Hall–Kier alpha value is -3.87. The second kappa shape index (κ2) is 44.3. The topological polar surface area (TPSA) is 257 Å². The SMILES string of the molecule is CCCCCCCCCCCCCCCCCCC(=O)N[C@@H](CCC(=O)NCCOCCOCC(=O)NCCOCCOCC(=O)N[C@@H](CCC(=O)NCCCCC)C(=O)O)C(=O)O. The highest BCUT2D eigenvalue weighted by Crippen LogP contribution is 2.14. The maximum absolute atomic E-state index is 12.3. The predicted molar refractivity (Wildman–Crippen MR) is 244 cm³/mol. The number of hydrogen-bond acceptors (Lipinski definition) is 11. The van der Waals surface area contributed by atoms with E-state index in [0.29, 0.717) is 13.0 Å². The third kappa shape index (κ3) is 40.9. The highest BCUT2D eigenvalue weighted by Gasteiger charge is 2.22. The Kier molecular flexibility index (Phi) is 41.7. The van der Waals surface area contributed by atoms with Gasteiger partial charge in [0.1, 0.15) is 25.3 Å². The van der Waals surface area contributed by atoms with Crippen LogP contribution in [0.4, 0.5) is 0 Å². The normalized spacial score (nSPS) is 12.0. The Balaban J connectivity index is 3.76. The second-order valence-electron chi connectivity index (χ2n) is 16.1. The summed E-state index contributed by atoms with van der Waals surface area (Å²) in [7, 11) is 0. The molecule has 18 nitrogen and oxygen atoms in total. The fourth-order valence-electron chi connectivity index (χ4n) is 6.53. The third-order valence-corrected chi connectivity index (χ3v) is 10.3. The number of carboxylic acids is 2. The van der Waals surface area contributed by atoms with Gasteiger partial charge in [-0.15, -0.1) is 0 Å². The molecule has 0 saturated heterocycles. The van der Waals surface area contributed by atoms with Gasteiger partial charge < -0.3 is 55.7 Å². The Morgan fingerprint density at radius 3 is 1.19 bits per heavy atom. The maximum Gasteiger partial charge on any atom is 0.326 e. The van der Waals surface area contributed by atoms with Gasteiger partial charge in [0.15, 0.2) is 0 Å². The molecule has 0 aliphatic heterocycles. The highest BCUT2D eigenvalue weighted by molar-refractivity contribution is 5.85. The van der Waals surface area contributed by atoms with Crippen LogP contribution in [-0.2, 0) is 52.5 Å². The van der Waals surface area contributed by atoms with Gasteiger partial charge >= 0.3 is 11.9 Å². The Bertz CT molecular complexity index is 1240. The zero-order valence-corrected chi connectivity index (χ0v) is 39.3. The van der Waals surface area contributed by atoms with Crippen LogP contribution < -0.4 is 26.6 Å². The molecular formula is C46H85N5O13. The van der Waals surface area contributed by atoms with E-state index in [1.807, 2.05) is 0 Å². The van der Waals surface area contributed by atoms with Gasteiger partial charge in [0, 0.05) is 38.9 Å². The molecule has 372 valence electrons. The van der Waals surface area contributed by atoms with E-state index >= 15 is 0 Å². The molecule has 0 heterocycles. The quantitative estimate of drug-likeness (QED) is 0.0400. The van der Waals surface area contributed by atoms with Gasteiger partial charge in [-0.3, -0.25) is 24.0 Å². The number of carboxylic acid groups (broad SMARTS) is 2. The second-order valence-corrected chi connectivity index (χ2v) is 16.1. The van der Waals surface area contributed by atoms with Gasteiger partial charge in [-0.2, -0.15) is 0 Å². The minimum atomic E-state index is -1.24. The van der Waals surface area contributed by atoms with Gasteiger partial charge in [-0.1, -0.05) is 123 Å². The van der Waals surface area contributed by atoms with Crippen molar-refractivity contribution in [2.75, 3.05) is 72.5 Å². The smallest absolute Gasteiger partial charge is 0.326 e. The fourth-order valence-corrected chi connectivity index (χ4v) is 6.53. The molecule has 0 radical (unpaired) electrons. The molecule has 64 heavy (non-hydrogen) atoms. The lowest BCUT2D eigenvalue weighted by molar-refractivity contribution is -0.143. The fraction of sp³-hybridized carbons (Fsp3) is 0.848. The number of carbonyl (C=O) groups excluding carboxylic acids is 5. The summed E-state index contributed by atoms with van der Waals surface area (Å²) in [5.41, 5.74) is 0. The van der Waals surface area contributed by atoms with Crippen LogP contribution in [0.25, 0.3) is 0 Å². The van der Waals surface area contributed by atoms with Crippen molar-refractivity contribution in [3.8, 4) is 0 Å². The number of rotatable bonds is 47. The molecule has 0 aromatic carbocycles. The van der Waals surface area contributed by atoms with E-state index in [4.69, 9.17) is 18.9 Å². The lowest BCUT2D eigenvalue weighted by Gasteiger charge is -2.14. The zero-order valence-electron chi connectivity index (χ0n) is 39.3. The van der Waals surface area contributed by atoms with Crippen LogP contribution in [-0.4, -0.2) is 136 Å². The van der Waals surface area contributed by atoms with Crippen LogP contribution in [0.2, 0.25) is 0 Å². The summed E-state index contributed by atoms with van der Waals surface area (Å²) in [6, 6.07) is -2.34. The summed E-state index contributed by atoms with van der Waals surface area (Å²) >= 11 is 0. The molecule has 0 aliphatic carbocycles. The van der Waals surface area contributed by atoms with Crippen molar-refractivity contribution in [2.24, 2.45) is 0 Å². The summed E-state index contributed by atoms with van der Waals surface area (Å²) in [6.07, 6.45) is 22.8. The first kappa shape index (κ1) is 60.1. The van der Waals surface area contributed by atoms with E-state index in [1.165, 1.54) is 77.0 Å². The Labute approximate surface area is 382 Å². The standard InChI is InChI=1S/C46H85N5O13/c1-3-5-7-8-9-10-11-12-13-14-15-16-17-18-19-20-22-42(54)50-38(45(57)58)23-26-41(53)48-28-30-61-32-34-63-36-43(55)49-29-31-62-33-35-64-37-44(56)51-39(46(59)60)24-25-40(52)47-27-21-6-4-2/h38-39H,3-37H2,1-2H3,(H,47,52)(H,48,53)(H,49,55)(H,50,54)(H,51,56)(H,57,58)(H,59,60)/t38-,39-/m0/s1. The maximum atomic E-state index is 12.3. The number of ether oxygens (including phenoxy) is 4. The number of hydrogen-bond donors (Lipinski definition) is 7. The molecule has 0 fully saturated rings. The highest BCUT2D eigenvalue weighted by atomic mass is 16.5. The first-order valence-corrected chi connectivity index (χ1v) is 24.1. The molecule has 7 N–H and O–H groups in total. The van der Waals surface area contributed by atoms with Crippen molar-refractivity contribution in [2.45, 2.75) is 180 Å². The first-order valence-electron chi connectivity index (χ1n) is 24.1. The molecule has 0 aromatic rings. The molecule has 2 atom stereocenters. The van der Waals surface area contributed by atoms with Gasteiger partial charge in [-0.05, 0) is 25.7 Å². The van der Waals surface area contributed by atoms with Crippen molar-refractivity contribution >= 4 is 41.5 Å². The zero-order chi connectivity index (χ0) is 47.3. The van der Waals surface area contributed by atoms with E-state index < -0.39 is 29.9 Å². The minimum Gasteiger partial charge on any atom is -0.480 e. The molecule has 0 aliphatic rings. The number of nitrogens with one attached hydrogen (secondary N) is 5. The molecule has 5 amide bonds. The van der Waals surface area contributed by atoms with E-state index in [0.717, 1.165) is 38.5 Å². The lowest BCUT2D eigenvalue weighted by Crippen LogP contribution is -2.43. The predicted octanol–water partition coefficient (Wildman–Crippen LogP) is 4.94. The Morgan fingerprint density at radius 2 is 0.734 bits per heavy atom. The van der Waals surface area contributed by atoms with Crippen LogP contribution in [0.15, 0.2) is 0 Å². The van der Waals surface area contributed by atoms with Crippen molar-refractivity contribution in [3.63, 3.8) is 0 Å². The molecule has 0 spiro atoms. The van der Waals surface area contributed by atoms with Crippen LogP contribution in [0.3, 0.4) is 0 Å². The number of unbranched alkanes of at least 4 members (excludes halogenated alkanes) is 17. The number of carbonyl (C=O) groups is 7. The number of amides is 5. The summed E-state index contributed by atoms with van der Waals surface area (Å²) in [5, 5.41) is 31.8. The third-order valence-electron chi connectivity index (χ3n) is 10.3. The monoisotopic (exact) mass is 916 g/mol. The molecule has 0 aromatic heterocycles. The molecular weight excluding hydrogens is 831 g/mol. The average Bonchev–Trinajstić information content (AvgIpc) is 3.26. The van der Waals surface area contributed by atoms with Crippen LogP contribution in [0.5, 0.6) is 0 Å². The summed E-state index contributed by atoms with van der Waals surface area (Å²) < 4.78 is 21.2. The van der Waals surface area contributed by atoms with E-state index in [-0.39, 0.29) is 122 Å². The van der Waals surface area contributed by atoms with Crippen LogP contribution in [0, 0.1) is 0 Å². The summed E-state index contributed by atoms with van der Waals surface area (Å²) in [4.78, 5) is 83.6. The molecule has 0 rings (SSSR count). The van der Waals surface area contributed by atoms with Gasteiger partial charge in [0.25, 0.3) is 0 Å². The van der Waals surface area contributed by atoms with E-state index in [2.05, 4.69) is 40.4 Å². The molecule has 0 bridgehead atoms. The van der Waals surface area contributed by atoms with E-state index in [1.54, 1.807) is 0 Å². The van der Waals surface area contributed by atoms with Crippen molar-refractivity contribution in [1.29, 1.82) is 0 Å². The Morgan fingerprint density at radius 1 is 0.375 bits per heavy atom. The first-order chi connectivity index (χ1) is 31.0. The summed E-state index contributed by atoms with van der Waals surface area (Å²) in [6.45, 7) is 5.58. The lowest BCUT2D eigenvalue weighted by atomic mass is 10.0. The van der Waals surface area contributed by atoms with Gasteiger partial charge in [0.05, 0.1) is 39.6 Å². The average molecular weight is 916 g/mol. The minimum absolute atomic E-state index is 0.0224. The van der Waals surface area contributed by atoms with Crippen LogP contribution >= 0.6 is 0 Å². The van der Waals surface area contributed by atoms with Crippen molar-refractivity contribution in [1.82, 2.24) is 26.6 Å². The molecule has 0 unspecified atom stereocenters. The van der Waals surface area contributed by atoms with Crippen molar-refractivity contribution < 1.29 is 62.7 Å².